The summed E-state index contributed by atoms with van der Waals surface area (Å²) in [5.41, 5.74) is -1.02. The molecule has 1 fully saturated rings. The summed E-state index contributed by atoms with van der Waals surface area (Å²) >= 11 is 0. The van der Waals surface area contributed by atoms with Crippen LogP contribution in [-0.2, 0) is 26.0 Å². The van der Waals surface area contributed by atoms with Gasteiger partial charge in [0.15, 0.2) is 9.84 Å². The van der Waals surface area contributed by atoms with Crippen LogP contribution in [0.5, 0.6) is 0 Å². The molecule has 0 radical (unpaired) electrons. The molecule has 28 heavy (non-hydrogen) atoms. The SMILES string of the molecule is CS(=O)(=O)c1ccccc1S(=O)(=O)N1CCCC1c1ccccc1C(F)(F)F. The third-order valence-corrected chi connectivity index (χ3v) is 7.91. The molecule has 1 heterocycles. The predicted octanol–water partition coefficient (Wildman–Crippen LogP) is 3.63. The van der Waals surface area contributed by atoms with Gasteiger partial charge in [-0.1, -0.05) is 30.3 Å². The van der Waals surface area contributed by atoms with E-state index in [1.54, 1.807) is 0 Å². The van der Waals surface area contributed by atoms with Crippen LogP contribution in [0.2, 0.25) is 0 Å². The van der Waals surface area contributed by atoms with E-state index in [1.807, 2.05) is 0 Å². The van der Waals surface area contributed by atoms with Gasteiger partial charge in [0.05, 0.1) is 16.5 Å². The molecule has 5 nitrogen and oxygen atoms in total. The average molecular weight is 433 g/mol. The molecule has 0 aliphatic carbocycles. The van der Waals surface area contributed by atoms with Gasteiger partial charge in [0, 0.05) is 12.8 Å². The Balaban J connectivity index is 2.13. The molecule has 0 N–H and O–H groups in total. The third-order valence-electron chi connectivity index (χ3n) is 4.66. The zero-order chi connectivity index (χ0) is 20.7. The van der Waals surface area contributed by atoms with Gasteiger partial charge in [-0.15, -0.1) is 0 Å². The van der Waals surface area contributed by atoms with Gasteiger partial charge in [0.25, 0.3) is 0 Å². The molecule has 0 amide bonds. The Hall–Kier alpha value is -1.91. The number of sulfonamides is 1. The van der Waals surface area contributed by atoms with Gasteiger partial charge in [0.2, 0.25) is 10.0 Å². The number of nitrogens with zero attached hydrogens (tertiary/aromatic N) is 1. The van der Waals surface area contributed by atoms with Crippen molar-refractivity contribution in [2.24, 2.45) is 0 Å². The average Bonchev–Trinajstić information content (AvgIpc) is 3.11. The van der Waals surface area contributed by atoms with E-state index in [2.05, 4.69) is 0 Å². The van der Waals surface area contributed by atoms with E-state index in [0.717, 1.165) is 22.7 Å². The van der Waals surface area contributed by atoms with Crippen molar-refractivity contribution >= 4 is 19.9 Å². The number of benzene rings is 2. The normalized spacial score (nSPS) is 19.1. The molecule has 1 atom stereocenters. The molecule has 3 rings (SSSR count). The van der Waals surface area contributed by atoms with Gasteiger partial charge < -0.3 is 0 Å². The van der Waals surface area contributed by atoms with Crippen LogP contribution < -0.4 is 0 Å². The van der Waals surface area contributed by atoms with Gasteiger partial charge in [0.1, 0.15) is 4.90 Å². The predicted molar refractivity (Wildman–Crippen MR) is 96.9 cm³/mol. The second-order valence-corrected chi connectivity index (χ2v) is 10.4. The minimum Gasteiger partial charge on any atom is -0.224 e. The largest absolute Gasteiger partial charge is 0.416 e. The first-order valence-corrected chi connectivity index (χ1v) is 11.7. The Morgan fingerprint density at radius 2 is 1.50 bits per heavy atom. The number of hydrogen-bond acceptors (Lipinski definition) is 4. The van der Waals surface area contributed by atoms with Crippen LogP contribution in [0.1, 0.15) is 30.0 Å². The van der Waals surface area contributed by atoms with Crippen molar-refractivity contribution in [2.45, 2.75) is 34.9 Å². The molecule has 152 valence electrons. The van der Waals surface area contributed by atoms with Crippen LogP contribution in [0.25, 0.3) is 0 Å². The zero-order valence-electron chi connectivity index (χ0n) is 14.8. The van der Waals surface area contributed by atoms with Crippen LogP contribution in [0.3, 0.4) is 0 Å². The van der Waals surface area contributed by atoms with Crippen LogP contribution >= 0.6 is 0 Å². The number of hydrogen-bond donors (Lipinski definition) is 0. The molecule has 0 spiro atoms. The van der Waals surface area contributed by atoms with E-state index < -0.39 is 42.5 Å². The first-order chi connectivity index (χ1) is 12.9. The maximum absolute atomic E-state index is 13.4. The summed E-state index contributed by atoms with van der Waals surface area (Å²) in [5.74, 6) is 0. The molecule has 1 aliphatic heterocycles. The summed E-state index contributed by atoms with van der Waals surface area (Å²) in [4.78, 5) is -0.793. The highest BCUT2D eigenvalue weighted by Crippen LogP contribution is 2.43. The summed E-state index contributed by atoms with van der Waals surface area (Å²) in [6.45, 7) is 0.0112. The van der Waals surface area contributed by atoms with E-state index in [4.69, 9.17) is 0 Å². The molecule has 2 aromatic carbocycles. The van der Waals surface area contributed by atoms with Crippen molar-refractivity contribution < 1.29 is 30.0 Å². The topological polar surface area (TPSA) is 71.5 Å². The maximum atomic E-state index is 13.4. The fraction of sp³-hybridized carbons (Fsp3) is 0.333. The molecule has 0 aromatic heterocycles. The molecule has 1 saturated heterocycles. The van der Waals surface area contributed by atoms with Gasteiger partial charge in [-0.25, -0.2) is 16.8 Å². The number of sulfone groups is 1. The molecular formula is C18H18F3NO4S2. The lowest BCUT2D eigenvalue weighted by molar-refractivity contribution is -0.138. The fourth-order valence-electron chi connectivity index (χ4n) is 3.48. The van der Waals surface area contributed by atoms with Crippen molar-refractivity contribution in [1.82, 2.24) is 4.31 Å². The summed E-state index contributed by atoms with van der Waals surface area (Å²) in [7, 11) is -8.17. The smallest absolute Gasteiger partial charge is 0.224 e. The van der Waals surface area contributed by atoms with Crippen LogP contribution in [-0.4, -0.2) is 33.9 Å². The van der Waals surface area contributed by atoms with Gasteiger partial charge in [-0.3, -0.25) is 0 Å². The zero-order valence-corrected chi connectivity index (χ0v) is 16.5. The van der Waals surface area contributed by atoms with Gasteiger partial charge in [-0.05, 0) is 36.6 Å². The van der Waals surface area contributed by atoms with Crippen LogP contribution in [0.15, 0.2) is 58.3 Å². The molecule has 1 aliphatic rings. The Morgan fingerprint density at radius 3 is 2.11 bits per heavy atom. The highest BCUT2D eigenvalue weighted by molar-refractivity contribution is 7.93. The van der Waals surface area contributed by atoms with E-state index in [0.29, 0.717) is 6.42 Å². The monoisotopic (exact) mass is 433 g/mol. The molecule has 2 aromatic rings. The van der Waals surface area contributed by atoms with Crippen molar-refractivity contribution in [1.29, 1.82) is 0 Å². The molecule has 0 saturated carbocycles. The third kappa shape index (κ3) is 3.81. The molecular weight excluding hydrogens is 415 g/mol. The molecule has 1 unspecified atom stereocenters. The standard InChI is InChI=1S/C18H18F3NO4S2/c1-27(23,24)16-10-4-5-11-17(16)28(25,26)22-12-6-9-15(22)13-7-2-3-8-14(13)18(19,20)21/h2-5,7-8,10-11,15H,6,9,12H2,1H3. The Kier molecular flexibility index (Phi) is 5.32. The first-order valence-electron chi connectivity index (χ1n) is 8.41. The molecule has 0 bridgehead atoms. The van der Waals surface area contributed by atoms with Crippen molar-refractivity contribution in [3.63, 3.8) is 0 Å². The maximum Gasteiger partial charge on any atom is 0.416 e. The fourth-order valence-corrected chi connectivity index (χ4v) is 6.76. The van der Waals surface area contributed by atoms with Crippen molar-refractivity contribution in [2.75, 3.05) is 12.8 Å². The van der Waals surface area contributed by atoms with Crippen LogP contribution in [0, 0.1) is 0 Å². The summed E-state index contributed by atoms with van der Waals surface area (Å²) in [6.07, 6.45) is -3.15. The summed E-state index contributed by atoms with van der Waals surface area (Å²) < 4.78 is 91.7. The minimum absolute atomic E-state index is 0.0112. The Bertz CT molecular complexity index is 1100. The lowest BCUT2D eigenvalue weighted by Gasteiger charge is -2.27. The van der Waals surface area contributed by atoms with Crippen LogP contribution in [0.4, 0.5) is 13.2 Å². The Labute approximate surface area is 161 Å². The number of alkyl halides is 3. The lowest BCUT2D eigenvalue weighted by Crippen LogP contribution is -2.32. The Morgan fingerprint density at radius 1 is 0.929 bits per heavy atom. The highest BCUT2D eigenvalue weighted by Gasteiger charge is 2.42. The molecule has 10 heteroatoms. The lowest BCUT2D eigenvalue weighted by atomic mass is 9.99. The first kappa shape index (κ1) is 20.8. The van der Waals surface area contributed by atoms with Crippen molar-refractivity contribution in [3.8, 4) is 0 Å². The highest BCUT2D eigenvalue weighted by atomic mass is 32.2. The second kappa shape index (κ2) is 7.16. The minimum atomic E-state index is -4.63. The van der Waals surface area contributed by atoms with E-state index in [-0.39, 0.29) is 23.4 Å². The van der Waals surface area contributed by atoms with E-state index in [1.165, 1.54) is 36.4 Å². The van der Waals surface area contributed by atoms with E-state index >= 15 is 0 Å². The summed E-state index contributed by atoms with van der Waals surface area (Å²) in [5, 5.41) is 0. The van der Waals surface area contributed by atoms with Crippen molar-refractivity contribution in [3.05, 3.63) is 59.7 Å². The van der Waals surface area contributed by atoms with E-state index in [9.17, 15) is 30.0 Å². The second-order valence-electron chi connectivity index (χ2n) is 6.58. The van der Waals surface area contributed by atoms with Gasteiger partial charge in [-0.2, -0.15) is 17.5 Å². The summed E-state index contributed by atoms with van der Waals surface area (Å²) in [6, 6.07) is 8.97. The quantitative estimate of drug-likeness (QED) is 0.738. The number of rotatable bonds is 4. The van der Waals surface area contributed by atoms with Gasteiger partial charge >= 0.3 is 6.18 Å². The number of halogens is 3.